The van der Waals surface area contributed by atoms with Crippen molar-refractivity contribution in [3.8, 4) is 16.9 Å². The summed E-state index contributed by atoms with van der Waals surface area (Å²) in [5.41, 5.74) is 6.69. The second-order valence-electron chi connectivity index (χ2n) is 11.9. The summed E-state index contributed by atoms with van der Waals surface area (Å²) in [5.74, 6) is 0.610. The molecule has 8 nitrogen and oxygen atoms in total. The second kappa shape index (κ2) is 14.8. The molecule has 1 aliphatic carbocycles. The Bertz CT molecular complexity index is 1350. The van der Waals surface area contributed by atoms with Gasteiger partial charge in [0, 0.05) is 66.9 Å². The SMILES string of the molecule is CCN(c1cc(-c2ccc(OCCOC)cc2)cc(C(=O)NCC2=C(C)N=C(C)CC2=O)c1C)[C@H]1CC[C@H](N(C)C)CC1. The van der Waals surface area contributed by atoms with E-state index in [1.165, 1.54) is 0 Å². The number of methoxy groups -OCH3 is 1. The molecule has 232 valence electrons. The van der Waals surface area contributed by atoms with Crippen LogP contribution in [0.3, 0.4) is 0 Å². The molecule has 1 fully saturated rings. The Kier molecular flexibility index (Phi) is 11.2. The van der Waals surface area contributed by atoms with E-state index in [-0.39, 0.29) is 18.2 Å². The molecule has 0 aromatic heterocycles. The van der Waals surface area contributed by atoms with E-state index >= 15 is 0 Å². The molecule has 4 rings (SSSR count). The molecule has 0 atom stereocenters. The summed E-state index contributed by atoms with van der Waals surface area (Å²) >= 11 is 0. The third-order valence-electron chi connectivity index (χ3n) is 8.83. The Labute approximate surface area is 257 Å². The quantitative estimate of drug-likeness (QED) is 0.315. The van der Waals surface area contributed by atoms with Gasteiger partial charge in [0.2, 0.25) is 0 Å². The van der Waals surface area contributed by atoms with Gasteiger partial charge in [-0.2, -0.15) is 0 Å². The zero-order valence-electron chi connectivity index (χ0n) is 27.0. The first-order chi connectivity index (χ1) is 20.6. The van der Waals surface area contributed by atoms with Gasteiger partial charge in [-0.05, 0) is 108 Å². The Balaban J connectivity index is 1.67. The Morgan fingerprint density at radius 1 is 0.977 bits per heavy atom. The monoisotopic (exact) mass is 588 g/mol. The molecule has 0 saturated heterocycles. The lowest BCUT2D eigenvalue weighted by atomic mass is 9.88. The van der Waals surface area contributed by atoms with Gasteiger partial charge in [-0.15, -0.1) is 0 Å². The predicted molar refractivity (Wildman–Crippen MR) is 175 cm³/mol. The highest BCUT2D eigenvalue weighted by Crippen LogP contribution is 2.36. The lowest BCUT2D eigenvalue weighted by Crippen LogP contribution is -2.42. The Morgan fingerprint density at radius 2 is 1.65 bits per heavy atom. The number of anilines is 1. The highest BCUT2D eigenvalue weighted by Gasteiger charge is 2.29. The van der Waals surface area contributed by atoms with Crippen molar-refractivity contribution in [1.82, 2.24) is 10.2 Å². The first-order valence-corrected chi connectivity index (χ1v) is 15.5. The molecule has 2 aromatic rings. The summed E-state index contributed by atoms with van der Waals surface area (Å²) in [7, 11) is 5.99. The van der Waals surface area contributed by atoms with Gasteiger partial charge >= 0.3 is 0 Å². The molecule has 0 radical (unpaired) electrons. The number of benzene rings is 2. The van der Waals surface area contributed by atoms with Crippen LogP contribution in [0.15, 0.2) is 52.7 Å². The minimum absolute atomic E-state index is 0.0229. The first kappa shape index (κ1) is 32.4. The number of allylic oxidation sites excluding steroid dienone is 1. The highest BCUT2D eigenvalue weighted by atomic mass is 16.5. The van der Waals surface area contributed by atoms with Gasteiger partial charge in [-0.25, -0.2) is 0 Å². The largest absolute Gasteiger partial charge is 0.491 e. The van der Waals surface area contributed by atoms with Gasteiger partial charge in [0.15, 0.2) is 5.78 Å². The van der Waals surface area contributed by atoms with E-state index in [1.54, 1.807) is 7.11 Å². The maximum absolute atomic E-state index is 13.8. The zero-order valence-corrected chi connectivity index (χ0v) is 27.0. The first-order valence-electron chi connectivity index (χ1n) is 15.5. The van der Waals surface area contributed by atoms with E-state index in [9.17, 15) is 9.59 Å². The fraction of sp³-hybridized carbons (Fsp3) is 0.514. The fourth-order valence-electron chi connectivity index (χ4n) is 6.32. The summed E-state index contributed by atoms with van der Waals surface area (Å²) in [5, 5.41) is 3.04. The van der Waals surface area contributed by atoms with Crippen molar-refractivity contribution < 1.29 is 19.1 Å². The van der Waals surface area contributed by atoms with Gasteiger partial charge in [0.1, 0.15) is 12.4 Å². The van der Waals surface area contributed by atoms with Gasteiger partial charge in [-0.1, -0.05) is 12.1 Å². The van der Waals surface area contributed by atoms with E-state index in [0.29, 0.717) is 48.6 Å². The number of rotatable bonds is 12. The number of aliphatic imine (C=N–C) groups is 1. The molecule has 2 aromatic carbocycles. The van der Waals surface area contributed by atoms with Crippen molar-refractivity contribution >= 4 is 23.1 Å². The minimum atomic E-state index is -0.188. The summed E-state index contributed by atoms with van der Waals surface area (Å²) in [6.45, 7) is 9.96. The van der Waals surface area contributed by atoms with Crippen LogP contribution < -0.4 is 15.0 Å². The van der Waals surface area contributed by atoms with Crippen LogP contribution in [0.1, 0.15) is 68.8 Å². The molecule has 0 unspecified atom stereocenters. The second-order valence-corrected chi connectivity index (χ2v) is 11.9. The van der Waals surface area contributed by atoms with E-state index in [2.05, 4.69) is 47.2 Å². The van der Waals surface area contributed by atoms with Crippen LogP contribution in [-0.2, 0) is 9.53 Å². The predicted octanol–water partition coefficient (Wildman–Crippen LogP) is 5.82. The van der Waals surface area contributed by atoms with Crippen LogP contribution in [0.4, 0.5) is 5.69 Å². The molecule has 0 bridgehead atoms. The van der Waals surface area contributed by atoms with E-state index in [4.69, 9.17) is 9.47 Å². The molecule has 8 heteroatoms. The third kappa shape index (κ3) is 7.92. The molecule has 0 spiro atoms. The standard InChI is InChI=1S/C35H48N4O4/c1-8-39(29-13-11-28(12-14-29)38(5)6)33-21-27(26-9-15-30(16-10-26)43-18-17-42-7)20-31(24(33)3)35(41)36-22-32-25(4)37-23(2)19-34(32)40/h9-10,15-16,20-21,28-29H,8,11-14,17-19,22H2,1-7H3,(H,36,41)/t28-,29-. The number of hydrogen-bond donors (Lipinski definition) is 1. The Morgan fingerprint density at radius 3 is 2.26 bits per heavy atom. The molecule has 1 N–H and O–H groups in total. The number of carbonyl (C=O) groups excluding carboxylic acids is 2. The van der Waals surface area contributed by atoms with Crippen molar-refractivity contribution in [3.63, 3.8) is 0 Å². The maximum atomic E-state index is 13.8. The van der Waals surface area contributed by atoms with Gasteiger partial charge in [-0.3, -0.25) is 14.6 Å². The number of ether oxygens (including phenoxy) is 2. The van der Waals surface area contributed by atoms with Crippen LogP contribution in [0.25, 0.3) is 11.1 Å². The minimum Gasteiger partial charge on any atom is -0.491 e. The smallest absolute Gasteiger partial charge is 0.251 e. The van der Waals surface area contributed by atoms with Crippen molar-refractivity contribution in [2.24, 2.45) is 4.99 Å². The van der Waals surface area contributed by atoms with Crippen LogP contribution in [0.2, 0.25) is 0 Å². The summed E-state index contributed by atoms with van der Waals surface area (Å²) < 4.78 is 10.9. The topological polar surface area (TPSA) is 83.5 Å². The van der Waals surface area contributed by atoms with Crippen molar-refractivity contribution in [3.05, 3.63) is 58.8 Å². The normalized spacial score (nSPS) is 19.0. The third-order valence-corrected chi connectivity index (χ3v) is 8.83. The number of hydrogen-bond acceptors (Lipinski definition) is 7. The van der Waals surface area contributed by atoms with Crippen LogP contribution in [0.5, 0.6) is 5.75 Å². The number of carbonyl (C=O) groups is 2. The van der Waals surface area contributed by atoms with E-state index < -0.39 is 0 Å². The van der Waals surface area contributed by atoms with Crippen molar-refractivity contribution in [1.29, 1.82) is 0 Å². The molecular weight excluding hydrogens is 540 g/mol. The number of nitrogens with one attached hydrogen (secondary N) is 1. The average molecular weight is 589 g/mol. The summed E-state index contributed by atoms with van der Waals surface area (Å²) in [6, 6.07) is 13.2. The van der Waals surface area contributed by atoms with Crippen LogP contribution in [-0.4, -0.2) is 81.9 Å². The summed E-state index contributed by atoms with van der Waals surface area (Å²) in [4.78, 5) is 35.8. The molecule has 1 aliphatic heterocycles. The molecular formula is C35H48N4O4. The number of nitrogens with zero attached hydrogens (tertiary/aromatic N) is 3. The zero-order chi connectivity index (χ0) is 31.1. The lowest BCUT2D eigenvalue weighted by molar-refractivity contribution is -0.114. The van der Waals surface area contributed by atoms with Gasteiger partial charge in [0.25, 0.3) is 5.91 Å². The number of Topliss-reactive ketones (excluding diaryl/α,β-unsaturated/α-hetero) is 1. The van der Waals surface area contributed by atoms with Crippen LogP contribution >= 0.6 is 0 Å². The van der Waals surface area contributed by atoms with Gasteiger partial charge in [0.05, 0.1) is 6.61 Å². The maximum Gasteiger partial charge on any atom is 0.251 e. The van der Waals surface area contributed by atoms with Crippen molar-refractivity contribution in [2.45, 2.75) is 71.9 Å². The van der Waals surface area contributed by atoms with E-state index in [0.717, 1.165) is 66.1 Å². The average Bonchev–Trinajstić information content (AvgIpc) is 2.98. The molecule has 2 aliphatic rings. The van der Waals surface area contributed by atoms with E-state index in [1.807, 2.05) is 51.1 Å². The molecule has 43 heavy (non-hydrogen) atoms. The Hall–Kier alpha value is -3.49. The van der Waals surface area contributed by atoms with Crippen molar-refractivity contribution in [2.75, 3.05) is 52.4 Å². The number of ketones is 1. The van der Waals surface area contributed by atoms with Gasteiger partial charge < -0.3 is 24.6 Å². The molecule has 1 heterocycles. The van der Waals surface area contributed by atoms with Crippen LogP contribution in [0, 0.1) is 6.92 Å². The molecule has 1 amide bonds. The lowest BCUT2D eigenvalue weighted by Gasteiger charge is -2.40. The number of amides is 1. The fourth-order valence-corrected chi connectivity index (χ4v) is 6.32. The molecule has 1 saturated carbocycles. The highest BCUT2D eigenvalue weighted by molar-refractivity contribution is 6.12. The summed E-state index contributed by atoms with van der Waals surface area (Å²) in [6.07, 6.45) is 4.86.